The summed E-state index contributed by atoms with van der Waals surface area (Å²) in [7, 11) is -4.45. The molecule has 1 unspecified atom stereocenters. The molecule has 0 aliphatic rings. The molecule has 0 aromatic heterocycles. The number of fused-ring (bicyclic) bond motifs is 1. The fourth-order valence-electron chi connectivity index (χ4n) is 4.37. The largest absolute Gasteiger partial charge is 0.480 e. The third-order valence-corrected chi connectivity index (χ3v) is 8.45. The molecule has 1 atom stereocenters. The minimum atomic E-state index is -4.45. The van der Waals surface area contributed by atoms with Gasteiger partial charge in [-0.3, -0.25) is 9.10 Å². The number of amides is 1. The molecule has 0 bridgehead atoms. The van der Waals surface area contributed by atoms with Crippen LogP contribution in [0.1, 0.15) is 36.5 Å². The average molecular weight is 586 g/mol. The van der Waals surface area contributed by atoms with Crippen LogP contribution in [0.5, 0.6) is 0 Å². The Morgan fingerprint density at radius 3 is 2.18 bits per heavy atom. The van der Waals surface area contributed by atoms with Crippen LogP contribution < -0.4 is 9.62 Å². The number of hydrogen-bond donors (Lipinski definition) is 2. The van der Waals surface area contributed by atoms with Crippen molar-refractivity contribution in [1.29, 1.82) is 0 Å². The molecule has 0 saturated heterocycles. The summed E-state index contributed by atoms with van der Waals surface area (Å²) in [6, 6.07) is 21.1. The zero-order chi connectivity index (χ0) is 28.2. The van der Waals surface area contributed by atoms with Gasteiger partial charge in [0.05, 0.1) is 10.6 Å². The third-order valence-electron chi connectivity index (χ3n) is 6.21. The standard InChI is InChI=1S/C29H26Cl2N2O5S/c1-2-3-14-27(29(35)36)33(39(37,38)22-17-20(30)16-21(31)18-22)26-15-8-11-23-24(26)12-7-13-25(23)32-28(34)19-9-5-4-6-10-19/h4-13,15-18,27H,2-3,14H2,1H3,(H,32,34)(H,35,36). The molecule has 0 saturated carbocycles. The maximum absolute atomic E-state index is 14.1. The zero-order valence-corrected chi connectivity index (χ0v) is 23.3. The average Bonchev–Trinajstić information content (AvgIpc) is 2.90. The molecule has 0 fully saturated rings. The number of benzene rings is 4. The fourth-order valence-corrected chi connectivity index (χ4v) is 6.76. The van der Waals surface area contributed by atoms with Crippen molar-refractivity contribution in [3.05, 3.63) is 101 Å². The number of hydrogen-bond acceptors (Lipinski definition) is 4. The third kappa shape index (κ3) is 6.19. The highest BCUT2D eigenvalue weighted by atomic mass is 35.5. The number of rotatable bonds is 10. The molecule has 202 valence electrons. The van der Waals surface area contributed by atoms with Gasteiger partial charge < -0.3 is 10.4 Å². The lowest BCUT2D eigenvalue weighted by atomic mass is 10.0. The molecule has 1 amide bonds. The molecule has 10 heteroatoms. The second-order valence-electron chi connectivity index (χ2n) is 8.90. The SMILES string of the molecule is CCCCC(C(=O)O)N(c1cccc2c(NC(=O)c3ccccc3)cccc12)S(=O)(=O)c1cc(Cl)cc(Cl)c1. The molecule has 4 aromatic carbocycles. The molecule has 4 rings (SSSR count). The van der Waals surface area contributed by atoms with Crippen molar-refractivity contribution in [2.45, 2.75) is 37.1 Å². The Kier molecular flexibility index (Phi) is 8.80. The van der Waals surface area contributed by atoms with Crippen LogP contribution in [0, 0.1) is 0 Å². The second-order valence-corrected chi connectivity index (χ2v) is 11.6. The van der Waals surface area contributed by atoms with Gasteiger partial charge in [-0.1, -0.05) is 85.4 Å². The smallest absolute Gasteiger partial charge is 0.327 e. The molecule has 0 radical (unpaired) electrons. The van der Waals surface area contributed by atoms with Gasteiger partial charge in [-0.05, 0) is 48.9 Å². The normalized spacial score (nSPS) is 12.2. The minimum Gasteiger partial charge on any atom is -0.480 e. The summed E-state index contributed by atoms with van der Waals surface area (Å²) in [5.74, 6) is -1.62. The molecule has 0 spiro atoms. The van der Waals surface area contributed by atoms with Crippen LogP contribution in [-0.2, 0) is 14.8 Å². The molecule has 0 aliphatic carbocycles. The van der Waals surface area contributed by atoms with Gasteiger partial charge in [0, 0.05) is 32.1 Å². The van der Waals surface area contributed by atoms with Gasteiger partial charge in [-0.25, -0.2) is 13.2 Å². The molecular weight excluding hydrogens is 559 g/mol. The molecule has 2 N–H and O–H groups in total. The predicted molar refractivity (Wildman–Crippen MR) is 155 cm³/mol. The molecule has 39 heavy (non-hydrogen) atoms. The maximum Gasteiger partial charge on any atom is 0.327 e. The van der Waals surface area contributed by atoms with Crippen LogP contribution in [0.25, 0.3) is 10.8 Å². The highest BCUT2D eigenvalue weighted by Crippen LogP contribution is 2.37. The number of sulfonamides is 1. The Labute approximate surface area is 237 Å². The number of nitrogens with zero attached hydrogens (tertiary/aromatic N) is 1. The van der Waals surface area contributed by atoms with Crippen LogP contribution in [-0.4, -0.2) is 31.4 Å². The molecule has 0 aliphatic heterocycles. The van der Waals surface area contributed by atoms with Crippen molar-refractivity contribution in [1.82, 2.24) is 0 Å². The van der Waals surface area contributed by atoms with E-state index < -0.39 is 22.0 Å². The number of aliphatic carboxylic acids is 1. The van der Waals surface area contributed by atoms with Gasteiger partial charge in [0.15, 0.2) is 0 Å². The van der Waals surface area contributed by atoms with Gasteiger partial charge in [-0.15, -0.1) is 0 Å². The van der Waals surface area contributed by atoms with Crippen molar-refractivity contribution in [2.24, 2.45) is 0 Å². The number of carboxylic acids is 1. The Balaban J connectivity index is 1.91. The van der Waals surface area contributed by atoms with Gasteiger partial charge in [-0.2, -0.15) is 0 Å². The van der Waals surface area contributed by atoms with E-state index in [-0.39, 0.29) is 33.0 Å². The first-order valence-corrected chi connectivity index (χ1v) is 14.4. The maximum atomic E-state index is 14.1. The summed E-state index contributed by atoms with van der Waals surface area (Å²) in [6.07, 6.45) is 1.24. The quantitative estimate of drug-likeness (QED) is 0.204. The number of halogens is 2. The van der Waals surface area contributed by atoms with E-state index in [1.165, 1.54) is 18.2 Å². The van der Waals surface area contributed by atoms with Crippen molar-refractivity contribution < 1.29 is 23.1 Å². The van der Waals surface area contributed by atoms with Gasteiger partial charge >= 0.3 is 5.97 Å². The summed E-state index contributed by atoms with van der Waals surface area (Å²) < 4.78 is 29.2. The summed E-state index contributed by atoms with van der Waals surface area (Å²) in [5, 5.41) is 14.3. The van der Waals surface area contributed by atoms with Gasteiger partial charge in [0.2, 0.25) is 0 Å². The Morgan fingerprint density at radius 2 is 1.54 bits per heavy atom. The van der Waals surface area contributed by atoms with Crippen LogP contribution in [0.3, 0.4) is 0 Å². The summed E-state index contributed by atoms with van der Waals surface area (Å²) in [5.41, 5.74) is 1.06. The van der Waals surface area contributed by atoms with Crippen LogP contribution in [0.2, 0.25) is 10.0 Å². The molecular formula is C29H26Cl2N2O5S. The number of carbonyl (C=O) groups excluding carboxylic acids is 1. The first-order chi connectivity index (χ1) is 18.6. The summed E-state index contributed by atoms with van der Waals surface area (Å²) in [6.45, 7) is 1.90. The lowest BCUT2D eigenvalue weighted by Gasteiger charge is -2.31. The minimum absolute atomic E-state index is 0.0835. The molecule has 4 aromatic rings. The van der Waals surface area contributed by atoms with Crippen molar-refractivity contribution >= 4 is 67.2 Å². The lowest BCUT2D eigenvalue weighted by molar-refractivity contribution is -0.138. The Hall–Kier alpha value is -3.59. The molecule has 7 nitrogen and oxygen atoms in total. The van der Waals surface area contributed by atoms with E-state index in [9.17, 15) is 23.1 Å². The number of carboxylic acid groups (broad SMARTS) is 1. The first kappa shape index (κ1) is 28.4. The number of carbonyl (C=O) groups is 2. The van der Waals surface area contributed by atoms with Crippen molar-refractivity contribution in [3.8, 4) is 0 Å². The second kappa shape index (κ2) is 12.1. The van der Waals surface area contributed by atoms with E-state index in [0.717, 1.165) is 4.31 Å². The Bertz CT molecular complexity index is 1610. The number of anilines is 2. The number of nitrogens with one attached hydrogen (secondary N) is 1. The van der Waals surface area contributed by atoms with Crippen molar-refractivity contribution in [2.75, 3.05) is 9.62 Å². The van der Waals surface area contributed by atoms with E-state index in [1.807, 2.05) is 6.92 Å². The zero-order valence-electron chi connectivity index (χ0n) is 21.0. The van der Waals surface area contributed by atoms with E-state index in [4.69, 9.17) is 23.2 Å². The van der Waals surface area contributed by atoms with E-state index in [2.05, 4.69) is 5.32 Å². The summed E-state index contributed by atoms with van der Waals surface area (Å²) >= 11 is 12.2. The highest BCUT2D eigenvalue weighted by Gasteiger charge is 2.37. The van der Waals surface area contributed by atoms with Crippen LogP contribution in [0.15, 0.2) is 89.8 Å². The van der Waals surface area contributed by atoms with Gasteiger partial charge in [0.25, 0.3) is 15.9 Å². The number of unbranched alkanes of at least 4 members (excludes halogenated alkanes) is 1. The van der Waals surface area contributed by atoms with E-state index >= 15 is 0 Å². The van der Waals surface area contributed by atoms with E-state index in [1.54, 1.807) is 66.7 Å². The van der Waals surface area contributed by atoms with Crippen molar-refractivity contribution in [3.63, 3.8) is 0 Å². The lowest BCUT2D eigenvalue weighted by Crippen LogP contribution is -2.45. The predicted octanol–water partition coefficient (Wildman–Crippen LogP) is 7.24. The Morgan fingerprint density at radius 1 is 0.897 bits per heavy atom. The van der Waals surface area contributed by atoms with E-state index in [0.29, 0.717) is 34.9 Å². The van der Waals surface area contributed by atoms with Crippen LogP contribution in [0.4, 0.5) is 11.4 Å². The first-order valence-electron chi connectivity index (χ1n) is 12.2. The monoisotopic (exact) mass is 584 g/mol. The highest BCUT2D eigenvalue weighted by molar-refractivity contribution is 7.93. The van der Waals surface area contributed by atoms with Crippen LogP contribution >= 0.6 is 23.2 Å². The van der Waals surface area contributed by atoms with Gasteiger partial charge in [0.1, 0.15) is 6.04 Å². The summed E-state index contributed by atoms with van der Waals surface area (Å²) in [4.78, 5) is 25.2. The molecule has 0 heterocycles. The topological polar surface area (TPSA) is 104 Å². The fraction of sp³-hybridized carbons (Fsp3) is 0.172.